The van der Waals surface area contributed by atoms with Crippen molar-refractivity contribution in [2.45, 2.75) is 25.8 Å². The van der Waals surface area contributed by atoms with E-state index >= 15 is 0 Å². The summed E-state index contributed by atoms with van der Waals surface area (Å²) in [6, 6.07) is 7.04. The zero-order valence-electron chi connectivity index (χ0n) is 13.5. The van der Waals surface area contributed by atoms with Crippen molar-refractivity contribution in [3.8, 4) is 5.75 Å². The first kappa shape index (κ1) is 16.0. The molecule has 126 valence electrons. The molecule has 0 spiro atoms. The van der Waals surface area contributed by atoms with Crippen molar-refractivity contribution in [1.82, 2.24) is 20.2 Å². The molecule has 0 unspecified atom stereocenters. The van der Waals surface area contributed by atoms with Crippen LogP contribution in [0, 0.1) is 5.92 Å². The molecule has 8 nitrogen and oxygen atoms in total. The molecule has 0 saturated carbocycles. The van der Waals surface area contributed by atoms with Crippen LogP contribution in [0.3, 0.4) is 0 Å². The highest BCUT2D eigenvalue weighted by Crippen LogP contribution is 2.40. The Morgan fingerprint density at radius 1 is 1.46 bits per heavy atom. The lowest BCUT2D eigenvalue weighted by Crippen LogP contribution is -2.40. The first-order valence-corrected chi connectivity index (χ1v) is 7.88. The molecule has 1 amide bonds. The van der Waals surface area contributed by atoms with Gasteiger partial charge in [-0.25, -0.2) is 4.68 Å². The zero-order chi connectivity index (χ0) is 17.1. The number of aromatic nitrogens is 4. The maximum absolute atomic E-state index is 12.1. The number of rotatable bonds is 6. The number of nitrogens with one attached hydrogen (secondary N) is 1. The third-order valence-electron chi connectivity index (χ3n) is 4.02. The van der Waals surface area contributed by atoms with Crippen LogP contribution < -0.4 is 15.8 Å². The van der Waals surface area contributed by atoms with E-state index in [4.69, 9.17) is 10.5 Å². The number of ether oxygens (including phenoxy) is 1. The Labute approximate surface area is 139 Å². The fourth-order valence-electron chi connectivity index (χ4n) is 2.84. The number of nitrogens with zero attached hydrogens (tertiary/aromatic N) is 4. The third-order valence-corrected chi connectivity index (χ3v) is 4.02. The number of anilines is 1. The number of amides is 1. The van der Waals surface area contributed by atoms with E-state index in [9.17, 15) is 4.79 Å². The average molecular weight is 328 g/mol. The Hall–Kier alpha value is -2.90. The van der Waals surface area contributed by atoms with Gasteiger partial charge in [-0.3, -0.25) is 4.79 Å². The fourth-order valence-corrected chi connectivity index (χ4v) is 2.84. The quantitative estimate of drug-likeness (QED) is 0.778. The largest absolute Gasteiger partial charge is 0.493 e. The number of nitrogens with two attached hydrogens (primary N) is 1. The second kappa shape index (κ2) is 6.69. The van der Waals surface area contributed by atoms with E-state index in [1.165, 1.54) is 0 Å². The number of unbranched alkanes of at least 4 members (excludes halogenated alkanes) is 1. The SMILES string of the molecule is C=C1Nc2nnnn2[C@H](c2ccccc2OCCCC)[C@H]1C(N)=O. The van der Waals surface area contributed by atoms with Crippen LogP contribution in [-0.2, 0) is 4.79 Å². The monoisotopic (exact) mass is 328 g/mol. The molecule has 1 aromatic carbocycles. The van der Waals surface area contributed by atoms with Gasteiger partial charge in [-0.15, -0.1) is 0 Å². The summed E-state index contributed by atoms with van der Waals surface area (Å²) >= 11 is 0. The molecule has 2 aromatic rings. The predicted octanol–water partition coefficient (Wildman–Crippen LogP) is 1.48. The highest BCUT2D eigenvalue weighted by atomic mass is 16.5. The average Bonchev–Trinajstić information content (AvgIpc) is 3.02. The van der Waals surface area contributed by atoms with Crippen LogP contribution in [0.5, 0.6) is 5.75 Å². The van der Waals surface area contributed by atoms with Crippen LogP contribution in [-0.4, -0.2) is 32.7 Å². The van der Waals surface area contributed by atoms with Crippen molar-refractivity contribution < 1.29 is 9.53 Å². The Kier molecular flexibility index (Phi) is 4.45. The molecule has 0 aliphatic carbocycles. The number of carbonyl (C=O) groups excluding carboxylic acids is 1. The Morgan fingerprint density at radius 2 is 2.25 bits per heavy atom. The van der Waals surface area contributed by atoms with Crippen LogP contribution in [0.15, 0.2) is 36.5 Å². The van der Waals surface area contributed by atoms with Gasteiger partial charge >= 0.3 is 0 Å². The second-order valence-electron chi connectivity index (χ2n) is 5.66. The van der Waals surface area contributed by atoms with Crippen molar-refractivity contribution in [2.75, 3.05) is 11.9 Å². The highest BCUT2D eigenvalue weighted by Gasteiger charge is 2.40. The Morgan fingerprint density at radius 3 is 3.00 bits per heavy atom. The summed E-state index contributed by atoms with van der Waals surface area (Å²) in [5, 5.41) is 14.5. The number of benzene rings is 1. The van der Waals surface area contributed by atoms with Crippen LogP contribution >= 0.6 is 0 Å². The zero-order valence-corrected chi connectivity index (χ0v) is 13.5. The van der Waals surface area contributed by atoms with E-state index in [2.05, 4.69) is 34.3 Å². The smallest absolute Gasteiger partial charge is 0.247 e. The summed E-state index contributed by atoms with van der Waals surface area (Å²) in [4.78, 5) is 12.1. The second-order valence-corrected chi connectivity index (χ2v) is 5.66. The van der Waals surface area contributed by atoms with Crippen molar-refractivity contribution in [3.05, 3.63) is 42.1 Å². The minimum atomic E-state index is -0.683. The van der Waals surface area contributed by atoms with Crippen LogP contribution in [0.2, 0.25) is 0 Å². The number of para-hydroxylation sites is 1. The van der Waals surface area contributed by atoms with Gasteiger partial charge in [-0.05, 0) is 22.9 Å². The molecular formula is C16H20N6O2. The first-order chi connectivity index (χ1) is 11.6. The molecule has 1 aliphatic rings. The molecule has 24 heavy (non-hydrogen) atoms. The Bertz CT molecular complexity index is 757. The van der Waals surface area contributed by atoms with Gasteiger partial charge in [-0.2, -0.15) is 0 Å². The van der Waals surface area contributed by atoms with Gasteiger partial charge in [0.15, 0.2) is 0 Å². The summed E-state index contributed by atoms with van der Waals surface area (Å²) in [6.45, 7) is 6.61. The lowest BCUT2D eigenvalue weighted by Gasteiger charge is -2.32. The molecule has 2 heterocycles. The normalized spacial score (nSPS) is 19.5. The molecule has 8 heteroatoms. The predicted molar refractivity (Wildman–Crippen MR) is 88.2 cm³/mol. The summed E-state index contributed by atoms with van der Waals surface area (Å²) < 4.78 is 7.45. The van der Waals surface area contributed by atoms with Gasteiger partial charge in [0.25, 0.3) is 0 Å². The van der Waals surface area contributed by atoms with Crippen LogP contribution in [0.1, 0.15) is 31.4 Å². The maximum atomic E-state index is 12.1. The number of primary amides is 1. The number of hydrogen-bond donors (Lipinski definition) is 2. The van der Waals surface area contributed by atoms with Crippen molar-refractivity contribution >= 4 is 11.9 Å². The first-order valence-electron chi connectivity index (χ1n) is 7.88. The minimum Gasteiger partial charge on any atom is -0.493 e. The van der Waals surface area contributed by atoms with Crippen molar-refractivity contribution in [1.29, 1.82) is 0 Å². The lowest BCUT2D eigenvalue weighted by molar-refractivity contribution is -0.121. The van der Waals surface area contributed by atoms with E-state index in [0.717, 1.165) is 18.4 Å². The number of hydrogen-bond acceptors (Lipinski definition) is 6. The van der Waals surface area contributed by atoms with Crippen LogP contribution in [0.25, 0.3) is 0 Å². The molecule has 1 aromatic heterocycles. The molecule has 0 fully saturated rings. The van der Waals surface area contributed by atoms with Gasteiger partial charge < -0.3 is 15.8 Å². The molecule has 3 N–H and O–H groups in total. The summed E-state index contributed by atoms with van der Waals surface area (Å²) in [5.41, 5.74) is 6.89. The third kappa shape index (κ3) is 2.82. The molecule has 0 saturated heterocycles. The lowest BCUT2D eigenvalue weighted by atomic mass is 9.88. The summed E-state index contributed by atoms with van der Waals surface area (Å²) in [7, 11) is 0. The van der Waals surface area contributed by atoms with Crippen LogP contribution in [0.4, 0.5) is 5.95 Å². The molecule has 0 radical (unpaired) electrons. The fraction of sp³-hybridized carbons (Fsp3) is 0.375. The number of tetrazole rings is 1. The number of carbonyl (C=O) groups is 1. The van der Waals surface area contributed by atoms with Gasteiger partial charge in [0, 0.05) is 11.3 Å². The van der Waals surface area contributed by atoms with E-state index in [-0.39, 0.29) is 0 Å². The Balaban J connectivity index is 2.06. The molecule has 1 aliphatic heterocycles. The standard InChI is InChI=1S/C16H20N6O2/c1-3-4-9-24-12-8-6-5-7-11(12)14-13(15(17)23)10(2)18-16-19-20-21-22(14)16/h5-8,13-14H,2-4,9H2,1H3,(H2,17,23)(H,18,19,21)/t13-,14+/m0/s1. The molecular weight excluding hydrogens is 308 g/mol. The van der Waals surface area contributed by atoms with E-state index in [0.29, 0.717) is 24.0 Å². The number of fused-ring (bicyclic) bond motifs is 1. The summed E-state index contributed by atoms with van der Waals surface area (Å²) in [5.74, 6) is -0.0665. The topological polar surface area (TPSA) is 108 Å². The molecule has 0 bridgehead atoms. The molecule has 3 rings (SSSR count). The van der Waals surface area contributed by atoms with E-state index < -0.39 is 17.9 Å². The molecule has 2 atom stereocenters. The maximum Gasteiger partial charge on any atom is 0.247 e. The van der Waals surface area contributed by atoms with E-state index in [1.807, 2.05) is 24.3 Å². The summed E-state index contributed by atoms with van der Waals surface area (Å²) in [6.07, 6.45) is 1.98. The van der Waals surface area contributed by atoms with Gasteiger partial charge in [-0.1, -0.05) is 43.2 Å². The van der Waals surface area contributed by atoms with Crippen molar-refractivity contribution in [2.24, 2.45) is 11.7 Å². The van der Waals surface area contributed by atoms with Gasteiger partial charge in [0.2, 0.25) is 11.9 Å². The van der Waals surface area contributed by atoms with E-state index in [1.54, 1.807) is 4.68 Å². The van der Waals surface area contributed by atoms with Gasteiger partial charge in [0.05, 0.1) is 6.61 Å². The van der Waals surface area contributed by atoms with Gasteiger partial charge in [0.1, 0.15) is 17.7 Å². The highest BCUT2D eigenvalue weighted by molar-refractivity contribution is 5.82. The van der Waals surface area contributed by atoms with Crippen molar-refractivity contribution in [3.63, 3.8) is 0 Å². The minimum absolute atomic E-state index is 0.422.